The van der Waals surface area contributed by atoms with Crippen LogP contribution in [0.1, 0.15) is 53.4 Å². The Bertz CT molecular complexity index is 380. The van der Waals surface area contributed by atoms with E-state index in [0.717, 1.165) is 25.9 Å². The lowest BCUT2D eigenvalue weighted by Crippen LogP contribution is -2.64. The molecule has 2 saturated carbocycles. The zero-order valence-corrected chi connectivity index (χ0v) is 12.6. The third kappa shape index (κ3) is 1.61. The number of hydrogen-bond acceptors (Lipinski definition) is 3. The van der Waals surface area contributed by atoms with Crippen molar-refractivity contribution in [3.63, 3.8) is 0 Å². The summed E-state index contributed by atoms with van der Waals surface area (Å²) in [6, 6.07) is 0. The largest absolute Gasteiger partial charge is 0.392 e. The zero-order valence-electron chi connectivity index (χ0n) is 12.6. The Morgan fingerprint density at radius 2 is 1.63 bits per heavy atom. The van der Waals surface area contributed by atoms with Crippen molar-refractivity contribution in [2.24, 2.45) is 22.7 Å². The third-order valence-corrected chi connectivity index (χ3v) is 6.93. The molecule has 0 aromatic rings. The van der Waals surface area contributed by atoms with E-state index >= 15 is 0 Å². The molecule has 1 aliphatic heterocycles. The Labute approximate surface area is 116 Å². The normalized spacial score (nSPS) is 56.5. The van der Waals surface area contributed by atoms with Crippen LogP contribution in [0.4, 0.5) is 0 Å². The molecule has 1 heterocycles. The molecule has 110 valence electrons. The molecule has 0 unspecified atom stereocenters. The van der Waals surface area contributed by atoms with Crippen molar-refractivity contribution in [3.05, 3.63) is 0 Å². The van der Waals surface area contributed by atoms with Crippen LogP contribution in [0.5, 0.6) is 0 Å². The Morgan fingerprint density at radius 3 is 2.32 bits per heavy atom. The summed E-state index contributed by atoms with van der Waals surface area (Å²) in [6.45, 7) is 9.62. The van der Waals surface area contributed by atoms with Crippen molar-refractivity contribution in [1.82, 2.24) is 0 Å². The van der Waals surface area contributed by atoms with E-state index in [1.165, 1.54) is 0 Å². The summed E-state index contributed by atoms with van der Waals surface area (Å²) in [5.41, 5.74) is -0.297. The van der Waals surface area contributed by atoms with Gasteiger partial charge in [-0.25, -0.2) is 0 Å². The van der Waals surface area contributed by atoms with Crippen molar-refractivity contribution in [3.8, 4) is 0 Å². The Morgan fingerprint density at radius 1 is 0.947 bits per heavy atom. The number of hydrogen-bond donors (Lipinski definition) is 2. The van der Waals surface area contributed by atoms with Gasteiger partial charge in [-0.2, -0.15) is 0 Å². The molecule has 0 bridgehead atoms. The van der Waals surface area contributed by atoms with E-state index in [9.17, 15) is 10.2 Å². The number of aliphatic hydroxyl groups is 2. The Kier molecular flexibility index (Phi) is 2.88. The second-order valence-corrected chi connectivity index (χ2v) is 8.05. The topological polar surface area (TPSA) is 49.7 Å². The first-order chi connectivity index (χ1) is 8.73. The van der Waals surface area contributed by atoms with Crippen LogP contribution in [0, 0.1) is 22.7 Å². The molecule has 1 saturated heterocycles. The van der Waals surface area contributed by atoms with E-state index in [0.29, 0.717) is 18.3 Å². The van der Waals surface area contributed by atoms with Gasteiger partial charge in [0.15, 0.2) is 0 Å². The smallest absolute Gasteiger partial charge is 0.0689 e. The van der Waals surface area contributed by atoms with Gasteiger partial charge in [0.1, 0.15) is 0 Å². The average molecular weight is 268 g/mol. The van der Waals surface area contributed by atoms with Gasteiger partial charge in [0.2, 0.25) is 0 Å². The molecule has 3 rings (SSSR count). The molecule has 6 atom stereocenters. The lowest BCUT2D eigenvalue weighted by Gasteiger charge is -2.63. The molecular weight excluding hydrogens is 240 g/mol. The van der Waals surface area contributed by atoms with Crippen molar-refractivity contribution < 1.29 is 14.9 Å². The molecule has 2 aliphatic carbocycles. The van der Waals surface area contributed by atoms with E-state index in [1.807, 2.05) is 0 Å². The summed E-state index contributed by atoms with van der Waals surface area (Å²) in [7, 11) is 0. The number of fused-ring (bicyclic) bond motifs is 3. The van der Waals surface area contributed by atoms with Crippen LogP contribution in [0.3, 0.4) is 0 Å². The summed E-state index contributed by atoms with van der Waals surface area (Å²) in [5, 5.41) is 21.1. The van der Waals surface area contributed by atoms with Crippen LogP contribution in [0.25, 0.3) is 0 Å². The lowest BCUT2D eigenvalue weighted by molar-refractivity contribution is -0.225. The van der Waals surface area contributed by atoms with E-state index in [-0.39, 0.29) is 16.4 Å². The van der Waals surface area contributed by atoms with Gasteiger partial charge >= 0.3 is 0 Å². The third-order valence-electron chi connectivity index (χ3n) is 6.93. The highest BCUT2D eigenvalue weighted by Crippen LogP contribution is 2.64. The average Bonchev–Trinajstić information content (AvgIpc) is 2.70. The number of rotatable bonds is 0. The van der Waals surface area contributed by atoms with E-state index in [4.69, 9.17) is 4.74 Å². The van der Waals surface area contributed by atoms with Crippen molar-refractivity contribution in [2.75, 3.05) is 6.61 Å². The first-order valence-corrected chi connectivity index (χ1v) is 7.73. The molecule has 0 spiro atoms. The molecular formula is C16H28O3. The predicted molar refractivity (Wildman–Crippen MR) is 73.7 cm³/mol. The first-order valence-electron chi connectivity index (χ1n) is 7.73. The van der Waals surface area contributed by atoms with Crippen LogP contribution in [-0.4, -0.2) is 34.6 Å². The van der Waals surface area contributed by atoms with Crippen molar-refractivity contribution in [2.45, 2.75) is 71.2 Å². The standard InChI is InChI=1S/C16H28O3/c1-14(2)10-5-7-15(3)11(6-8-19-15)16(10,4)13(18)9-12(14)17/h10-13,17-18H,5-9H2,1-4H3/t10-,11-,12-,13-,15+,16-/m0/s1. The molecule has 0 aromatic heterocycles. The summed E-state index contributed by atoms with van der Waals surface area (Å²) in [6.07, 6.45) is 2.85. The van der Waals surface area contributed by atoms with Crippen LogP contribution < -0.4 is 0 Å². The highest BCUT2D eigenvalue weighted by Gasteiger charge is 2.65. The predicted octanol–water partition coefficient (Wildman–Crippen LogP) is 2.35. The van der Waals surface area contributed by atoms with E-state index in [1.54, 1.807) is 0 Å². The van der Waals surface area contributed by atoms with Gasteiger partial charge in [0, 0.05) is 18.4 Å². The van der Waals surface area contributed by atoms with Gasteiger partial charge in [0.25, 0.3) is 0 Å². The van der Waals surface area contributed by atoms with Crippen LogP contribution in [-0.2, 0) is 4.74 Å². The maximum atomic E-state index is 10.7. The number of ether oxygens (including phenoxy) is 1. The molecule has 2 N–H and O–H groups in total. The molecule has 0 amide bonds. The van der Waals surface area contributed by atoms with Crippen LogP contribution in [0.15, 0.2) is 0 Å². The second kappa shape index (κ2) is 3.96. The fourth-order valence-electron chi connectivity index (χ4n) is 5.66. The second-order valence-electron chi connectivity index (χ2n) is 8.05. The minimum absolute atomic E-state index is 0.0649. The van der Waals surface area contributed by atoms with Gasteiger partial charge in [-0.15, -0.1) is 0 Å². The Hall–Kier alpha value is -0.120. The highest BCUT2D eigenvalue weighted by molar-refractivity contribution is 5.14. The van der Waals surface area contributed by atoms with Crippen LogP contribution >= 0.6 is 0 Å². The molecule has 19 heavy (non-hydrogen) atoms. The molecule has 3 heteroatoms. The summed E-state index contributed by atoms with van der Waals surface area (Å²) < 4.78 is 6.03. The first kappa shape index (κ1) is 13.8. The molecule has 3 nitrogen and oxygen atoms in total. The van der Waals surface area contributed by atoms with Gasteiger partial charge in [-0.1, -0.05) is 20.8 Å². The maximum Gasteiger partial charge on any atom is 0.0689 e. The van der Waals surface area contributed by atoms with Gasteiger partial charge < -0.3 is 14.9 Å². The Balaban J connectivity index is 2.04. The fourth-order valence-corrected chi connectivity index (χ4v) is 5.66. The highest BCUT2D eigenvalue weighted by atomic mass is 16.5. The number of aliphatic hydroxyl groups excluding tert-OH is 2. The lowest BCUT2D eigenvalue weighted by atomic mass is 9.44. The minimum atomic E-state index is -0.410. The van der Waals surface area contributed by atoms with Gasteiger partial charge in [-0.3, -0.25) is 0 Å². The summed E-state index contributed by atoms with van der Waals surface area (Å²) >= 11 is 0. The maximum absolute atomic E-state index is 10.7. The van der Waals surface area contributed by atoms with E-state index in [2.05, 4.69) is 27.7 Å². The van der Waals surface area contributed by atoms with E-state index < -0.39 is 12.2 Å². The minimum Gasteiger partial charge on any atom is -0.392 e. The molecule has 3 fully saturated rings. The zero-order chi connectivity index (χ0) is 14.1. The van der Waals surface area contributed by atoms with Gasteiger partial charge in [0.05, 0.1) is 17.8 Å². The summed E-state index contributed by atoms with van der Waals surface area (Å²) in [4.78, 5) is 0. The summed E-state index contributed by atoms with van der Waals surface area (Å²) in [5.74, 6) is 0.791. The van der Waals surface area contributed by atoms with Crippen LogP contribution in [0.2, 0.25) is 0 Å². The monoisotopic (exact) mass is 268 g/mol. The van der Waals surface area contributed by atoms with Crippen molar-refractivity contribution >= 4 is 0 Å². The molecule has 0 radical (unpaired) electrons. The fraction of sp³-hybridized carbons (Fsp3) is 1.00. The van der Waals surface area contributed by atoms with Gasteiger partial charge in [-0.05, 0) is 43.4 Å². The van der Waals surface area contributed by atoms with Crippen molar-refractivity contribution in [1.29, 1.82) is 0 Å². The quantitative estimate of drug-likeness (QED) is 0.709. The molecule has 0 aromatic carbocycles. The SMILES string of the molecule is CC1(C)[C@@H](O)C[C@H](O)[C@]2(C)[C@H]3CCO[C@]3(C)CC[C@@H]12. The molecule has 3 aliphatic rings.